The molecule has 0 spiro atoms. The molecule has 8 nitrogen and oxygen atoms in total. The van der Waals surface area contributed by atoms with Crippen LogP contribution in [0.15, 0.2) is 12.1 Å². The zero-order chi connectivity index (χ0) is 12.8. The molecule has 1 heterocycles. The zero-order valence-electron chi connectivity index (χ0n) is 9.19. The van der Waals surface area contributed by atoms with Crippen LogP contribution in [0.4, 0.5) is 0 Å². The molecule has 0 unspecified atom stereocenters. The number of hydrogen-bond donors (Lipinski definition) is 4. The molecular weight excluding hydrogens is 226 g/mol. The van der Waals surface area contributed by atoms with E-state index in [2.05, 4.69) is 4.98 Å². The molecule has 0 fully saturated rings. The number of hydrogen-bond acceptors (Lipinski definition) is 6. The molecule has 0 aromatic carbocycles. The fourth-order valence-corrected chi connectivity index (χ4v) is 1.14. The molecule has 0 saturated heterocycles. The van der Waals surface area contributed by atoms with Crippen LogP contribution < -0.4 is 27.3 Å². The van der Waals surface area contributed by atoms with E-state index in [-0.39, 0.29) is 11.4 Å². The highest BCUT2D eigenvalue weighted by molar-refractivity contribution is 5.96. The maximum Gasteiger partial charge on any atom is 0.283 e. The van der Waals surface area contributed by atoms with Crippen LogP contribution in [0.1, 0.15) is 27.9 Å². The van der Waals surface area contributed by atoms with Gasteiger partial charge in [-0.05, 0) is 6.92 Å². The smallest absolute Gasteiger partial charge is 0.283 e. The molecule has 0 radical (unpaired) electrons. The number of pyridine rings is 1. The van der Waals surface area contributed by atoms with E-state index in [1.165, 1.54) is 12.1 Å². The van der Waals surface area contributed by atoms with Crippen LogP contribution >= 0.6 is 0 Å². The summed E-state index contributed by atoms with van der Waals surface area (Å²) in [7, 11) is 0. The Kier molecular flexibility index (Phi) is 4.37. The summed E-state index contributed by atoms with van der Waals surface area (Å²) in [5.41, 5.74) is 3.77. The van der Waals surface area contributed by atoms with Crippen molar-refractivity contribution in [3.05, 3.63) is 23.5 Å². The molecule has 8 heteroatoms. The first kappa shape index (κ1) is 12.9. The molecule has 0 atom stereocenters. The molecule has 0 saturated carbocycles. The summed E-state index contributed by atoms with van der Waals surface area (Å²) in [6.07, 6.45) is 0. The summed E-state index contributed by atoms with van der Waals surface area (Å²) in [6.45, 7) is 2.16. The zero-order valence-corrected chi connectivity index (χ0v) is 9.19. The standard InChI is InChI=1S/C9H13N5O3/c1-2-17-5-3-6(8(15)13-10)12-7(4-5)9(16)14-11/h3-4H,2,10-11H2,1H3,(H,13,15)(H,14,16). The Bertz CT molecular complexity index is 400. The Morgan fingerprint density at radius 1 is 1.24 bits per heavy atom. The number of nitrogens with zero attached hydrogens (tertiary/aromatic N) is 1. The first-order valence-electron chi connectivity index (χ1n) is 4.79. The van der Waals surface area contributed by atoms with Gasteiger partial charge in [-0.25, -0.2) is 16.7 Å². The number of nitrogen functional groups attached to an aromatic ring is 2. The van der Waals surface area contributed by atoms with Crippen LogP contribution in [-0.2, 0) is 0 Å². The van der Waals surface area contributed by atoms with Crippen molar-refractivity contribution in [1.29, 1.82) is 0 Å². The van der Waals surface area contributed by atoms with Crippen molar-refractivity contribution in [2.24, 2.45) is 11.7 Å². The van der Waals surface area contributed by atoms with Gasteiger partial charge in [-0.3, -0.25) is 20.4 Å². The lowest BCUT2D eigenvalue weighted by atomic mass is 10.2. The third kappa shape index (κ3) is 3.13. The van der Waals surface area contributed by atoms with E-state index in [9.17, 15) is 9.59 Å². The molecule has 1 aromatic heterocycles. The van der Waals surface area contributed by atoms with E-state index in [1.807, 2.05) is 10.9 Å². The predicted molar refractivity (Wildman–Crippen MR) is 58.7 cm³/mol. The normalized spacial score (nSPS) is 9.59. The van der Waals surface area contributed by atoms with Gasteiger partial charge in [0, 0.05) is 12.1 Å². The van der Waals surface area contributed by atoms with Gasteiger partial charge >= 0.3 is 0 Å². The first-order chi connectivity index (χ1) is 8.12. The summed E-state index contributed by atoms with van der Waals surface area (Å²) in [4.78, 5) is 26.4. The second-order valence-corrected chi connectivity index (χ2v) is 2.95. The van der Waals surface area contributed by atoms with E-state index >= 15 is 0 Å². The van der Waals surface area contributed by atoms with E-state index in [0.717, 1.165) is 0 Å². The SMILES string of the molecule is CCOc1cc(C(=O)NN)nc(C(=O)NN)c1. The monoisotopic (exact) mass is 239 g/mol. The largest absolute Gasteiger partial charge is 0.494 e. The van der Waals surface area contributed by atoms with Gasteiger partial charge in [0.05, 0.1) is 6.61 Å². The minimum Gasteiger partial charge on any atom is -0.494 e. The van der Waals surface area contributed by atoms with Crippen LogP contribution in [0.25, 0.3) is 0 Å². The third-order valence-corrected chi connectivity index (χ3v) is 1.84. The van der Waals surface area contributed by atoms with Crippen molar-refractivity contribution in [3.8, 4) is 5.75 Å². The Balaban J connectivity index is 3.18. The molecule has 1 rings (SSSR count). The Hall–Kier alpha value is -2.19. The van der Waals surface area contributed by atoms with Gasteiger partial charge in [-0.1, -0.05) is 0 Å². The molecule has 0 aliphatic heterocycles. The van der Waals surface area contributed by atoms with Crippen LogP contribution in [0.3, 0.4) is 0 Å². The third-order valence-electron chi connectivity index (χ3n) is 1.84. The maximum atomic E-state index is 11.3. The summed E-state index contributed by atoms with van der Waals surface area (Å²) >= 11 is 0. The molecule has 2 amide bonds. The number of carbonyl (C=O) groups excluding carboxylic acids is 2. The van der Waals surface area contributed by atoms with Gasteiger partial charge in [-0.2, -0.15) is 0 Å². The van der Waals surface area contributed by atoms with Gasteiger partial charge < -0.3 is 4.74 Å². The number of carbonyl (C=O) groups is 2. The highest BCUT2D eigenvalue weighted by Gasteiger charge is 2.14. The second kappa shape index (κ2) is 5.77. The molecule has 0 bridgehead atoms. The highest BCUT2D eigenvalue weighted by atomic mass is 16.5. The van der Waals surface area contributed by atoms with E-state index in [1.54, 1.807) is 6.92 Å². The lowest BCUT2D eigenvalue weighted by Crippen LogP contribution is -2.33. The number of rotatable bonds is 4. The van der Waals surface area contributed by atoms with Gasteiger partial charge in [0.2, 0.25) is 0 Å². The van der Waals surface area contributed by atoms with Gasteiger partial charge in [-0.15, -0.1) is 0 Å². The van der Waals surface area contributed by atoms with Crippen LogP contribution in [-0.4, -0.2) is 23.4 Å². The number of hydrazine groups is 2. The van der Waals surface area contributed by atoms with Crippen molar-refractivity contribution in [1.82, 2.24) is 15.8 Å². The van der Waals surface area contributed by atoms with Gasteiger partial charge in [0.25, 0.3) is 11.8 Å². The van der Waals surface area contributed by atoms with Crippen LogP contribution in [0, 0.1) is 0 Å². The average Bonchev–Trinajstić information content (AvgIpc) is 2.36. The van der Waals surface area contributed by atoms with E-state index < -0.39 is 11.8 Å². The molecule has 92 valence electrons. The molecule has 0 aliphatic rings. The first-order valence-corrected chi connectivity index (χ1v) is 4.79. The van der Waals surface area contributed by atoms with Gasteiger partial charge in [0.15, 0.2) is 0 Å². The highest BCUT2D eigenvalue weighted by Crippen LogP contribution is 2.14. The number of ether oxygens (including phenoxy) is 1. The lowest BCUT2D eigenvalue weighted by Gasteiger charge is -2.07. The minimum atomic E-state index is -0.627. The molecule has 17 heavy (non-hydrogen) atoms. The number of nitrogens with two attached hydrogens (primary N) is 2. The summed E-state index contributed by atoms with van der Waals surface area (Å²) in [5.74, 6) is 9.04. The molecular formula is C9H13N5O3. The van der Waals surface area contributed by atoms with E-state index in [4.69, 9.17) is 16.4 Å². The summed E-state index contributed by atoms with van der Waals surface area (Å²) < 4.78 is 5.19. The second-order valence-electron chi connectivity index (χ2n) is 2.95. The molecule has 0 aliphatic carbocycles. The maximum absolute atomic E-state index is 11.3. The predicted octanol–water partition coefficient (Wildman–Crippen LogP) is -1.31. The Labute approximate surface area is 97.3 Å². The average molecular weight is 239 g/mol. The minimum absolute atomic E-state index is 0.0305. The number of amides is 2. The Morgan fingerprint density at radius 3 is 2.06 bits per heavy atom. The van der Waals surface area contributed by atoms with Crippen molar-refractivity contribution >= 4 is 11.8 Å². The van der Waals surface area contributed by atoms with Gasteiger partial charge in [0.1, 0.15) is 17.1 Å². The fraction of sp³-hybridized carbons (Fsp3) is 0.222. The quantitative estimate of drug-likeness (QED) is 0.293. The summed E-state index contributed by atoms with van der Waals surface area (Å²) in [6, 6.07) is 2.75. The number of nitrogens with one attached hydrogen (secondary N) is 2. The van der Waals surface area contributed by atoms with Crippen molar-refractivity contribution < 1.29 is 14.3 Å². The number of aromatic nitrogens is 1. The lowest BCUT2D eigenvalue weighted by molar-refractivity contribution is 0.0943. The van der Waals surface area contributed by atoms with Crippen LogP contribution in [0.5, 0.6) is 5.75 Å². The van der Waals surface area contributed by atoms with Crippen molar-refractivity contribution in [2.45, 2.75) is 6.92 Å². The fourth-order valence-electron chi connectivity index (χ4n) is 1.14. The Morgan fingerprint density at radius 2 is 1.71 bits per heavy atom. The van der Waals surface area contributed by atoms with Crippen LogP contribution in [0.2, 0.25) is 0 Å². The topological polar surface area (TPSA) is 132 Å². The summed E-state index contributed by atoms with van der Waals surface area (Å²) in [5, 5.41) is 0. The van der Waals surface area contributed by atoms with Crippen molar-refractivity contribution in [2.75, 3.05) is 6.61 Å². The van der Waals surface area contributed by atoms with Crippen molar-refractivity contribution in [3.63, 3.8) is 0 Å². The molecule has 1 aromatic rings. The molecule has 6 N–H and O–H groups in total. The van der Waals surface area contributed by atoms with E-state index in [0.29, 0.717) is 12.4 Å².